The van der Waals surface area contributed by atoms with E-state index < -0.39 is 0 Å². The molecule has 0 aromatic heterocycles. The molecule has 0 radical (unpaired) electrons. The fourth-order valence-electron chi connectivity index (χ4n) is 1.45. The van der Waals surface area contributed by atoms with Gasteiger partial charge in [0.05, 0.1) is 0 Å². The van der Waals surface area contributed by atoms with Gasteiger partial charge in [-0.05, 0) is 31.0 Å². The van der Waals surface area contributed by atoms with E-state index in [0.717, 1.165) is 18.7 Å². The lowest BCUT2D eigenvalue weighted by atomic mass is 10.2. The first-order valence-electron chi connectivity index (χ1n) is 5.93. The highest BCUT2D eigenvalue weighted by Crippen LogP contribution is 2.12. The predicted molar refractivity (Wildman–Crippen MR) is 70.1 cm³/mol. The number of nitrogens with one attached hydrogen (secondary N) is 1. The molecule has 1 aromatic rings. The zero-order valence-corrected chi connectivity index (χ0v) is 10.4. The second-order valence-corrected chi connectivity index (χ2v) is 4.04. The molecular formula is C14H21NO2. The Bertz CT molecular complexity index is 321. The average Bonchev–Trinajstić information content (AvgIpc) is 2.35. The Balaban J connectivity index is 2.37. The van der Waals surface area contributed by atoms with Crippen LogP contribution in [0.15, 0.2) is 36.9 Å². The van der Waals surface area contributed by atoms with Gasteiger partial charge in [-0.15, -0.1) is 0 Å². The van der Waals surface area contributed by atoms with E-state index in [0.29, 0.717) is 12.6 Å². The summed E-state index contributed by atoms with van der Waals surface area (Å²) in [6, 6.07) is 8.32. The van der Waals surface area contributed by atoms with E-state index >= 15 is 0 Å². The first kappa shape index (κ1) is 13.7. The third-order valence-electron chi connectivity index (χ3n) is 2.51. The molecule has 0 bridgehead atoms. The molecule has 3 nitrogen and oxygen atoms in total. The smallest absolute Gasteiger partial charge is 0.119 e. The molecule has 1 aromatic carbocycles. The van der Waals surface area contributed by atoms with Crippen LogP contribution < -0.4 is 10.1 Å². The molecule has 1 atom stereocenters. The van der Waals surface area contributed by atoms with Crippen molar-refractivity contribution in [1.29, 1.82) is 0 Å². The first-order chi connectivity index (χ1) is 8.26. The molecule has 0 saturated heterocycles. The predicted octanol–water partition coefficient (Wildman–Crippen LogP) is 2.11. The minimum absolute atomic E-state index is 0.225. The number of ether oxygens (including phenoxy) is 1. The molecule has 1 unspecified atom stereocenters. The number of aliphatic hydroxyl groups is 1. The average molecular weight is 235 g/mol. The molecule has 2 N–H and O–H groups in total. The lowest BCUT2D eigenvalue weighted by Crippen LogP contribution is -2.26. The summed E-state index contributed by atoms with van der Waals surface area (Å²) in [5, 5.41) is 12.1. The van der Waals surface area contributed by atoms with Crippen LogP contribution >= 0.6 is 0 Å². The molecule has 0 fully saturated rings. The Hall–Kier alpha value is -1.32. The van der Waals surface area contributed by atoms with Crippen molar-refractivity contribution in [2.75, 3.05) is 13.2 Å². The molecule has 17 heavy (non-hydrogen) atoms. The Kier molecular flexibility index (Phi) is 6.37. The van der Waals surface area contributed by atoms with Crippen molar-refractivity contribution in [2.24, 2.45) is 0 Å². The highest BCUT2D eigenvalue weighted by atomic mass is 16.5. The van der Waals surface area contributed by atoms with Crippen molar-refractivity contribution in [3.63, 3.8) is 0 Å². The van der Waals surface area contributed by atoms with Crippen LogP contribution in [0.5, 0.6) is 5.75 Å². The Morgan fingerprint density at radius 1 is 1.41 bits per heavy atom. The Morgan fingerprint density at radius 3 is 2.71 bits per heavy atom. The highest BCUT2D eigenvalue weighted by molar-refractivity contribution is 5.27. The molecule has 94 valence electrons. The summed E-state index contributed by atoms with van der Waals surface area (Å²) in [6.45, 7) is 7.24. The summed E-state index contributed by atoms with van der Waals surface area (Å²) < 4.78 is 5.40. The third kappa shape index (κ3) is 5.52. The van der Waals surface area contributed by atoms with Gasteiger partial charge in [-0.2, -0.15) is 0 Å². The summed E-state index contributed by atoms with van der Waals surface area (Å²) in [4.78, 5) is 0. The van der Waals surface area contributed by atoms with E-state index in [2.05, 4.69) is 18.8 Å². The summed E-state index contributed by atoms with van der Waals surface area (Å²) in [5.41, 5.74) is 1.21. The SMILES string of the molecule is C=CCOc1ccc(CNC(C)CCO)cc1. The second-order valence-electron chi connectivity index (χ2n) is 4.04. The van der Waals surface area contributed by atoms with Gasteiger partial charge in [0.25, 0.3) is 0 Å². The molecule has 0 aliphatic heterocycles. The van der Waals surface area contributed by atoms with Crippen molar-refractivity contribution < 1.29 is 9.84 Å². The van der Waals surface area contributed by atoms with E-state index in [4.69, 9.17) is 9.84 Å². The number of hydrogen-bond donors (Lipinski definition) is 2. The zero-order valence-electron chi connectivity index (χ0n) is 10.4. The van der Waals surface area contributed by atoms with E-state index in [9.17, 15) is 0 Å². The van der Waals surface area contributed by atoms with Gasteiger partial charge in [0.1, 0.15) is 12.4 Å². The van der Waals surface area contributed by atoms with Gasteiger partial charge in [-0.25, -0.2) is 0 Å². The molecule has 0 saturated carbocycles. The molecule has 0 aliphatic rings. The van der Waals surface area contributed by atoms with E-state index in [1.807, 2.05) is 24.3 Å². The van der Waals surface area contributed by atoms with E-state index in [-0.39, 0.29) is 6.61 Å². The normalized spacial score (nSPS) is 12.1. The Morgan fingerprint density at radius 2 is 2.12 bits per heavy atom. The van der Waals surface area contributed by atoms with Crippen molar-refractivity contribution in [1.82, 2.24) is 5.32 Å². The molecule has 0 spiro atoms. The number of benzene rings is 1. The minimum Gasteiger partial charge on any atom is -0.490 e. The van der Waals surface area contributed by atoms with Crippen molar-refractivity contribution >= 4 is 0 Å². The summed E-state index contributed by atoms with van der Waals surface area (Å²) in [5.74, 6) is 0.858. The minimum atomic E-state index is 0.225. The maximum absolute atomic E-state index is 8.79. The molecule has 0 heterocycles. The summed E-state index contributed by atoms with van der Waals surface area (Å²) in [6.07, 6.45) is 2.51. The van der Waals surface area contributed by atoms with Crippen LogP contribution in [0.1, 0.15) is 18.9 Å². The Labute approximate surface area is 103 Å². The molecule has 3 heteroatoms. The topological polar surface area (TPSA) is 41.5 Å². The van der Waals surface area contributed by atoms with Crippen molar-refractivity contribution in [2.45, 2.75) is 25.9 Å². The molecule has 0 aliphatic carbocycles. The van der Waals surface area contributed by atoms with Crippen molar-refractivity contribution in [3.8, 4) is 5.75 Å². The van der Waals surface area contributed by atoms with Gasteiger partial charge in [0, 0.05) is 19.2 Å². The van der Waals surface area contributed by atoms with Crippen LogP contribution in [0.25, 0.3) is 0 Å². The highest BCUT2D eigenvalue weighted by Gasteiger charge is 2.00. The van der Waals surface area contributed by atoms with Gasteiger partial charge in [0.15, 0.2) is 0 Å². The lowest BCUT2D eigenvalue weighted by Gasteiger charge is -2.12. The van der Waals surface area contributed by atoms with Gasteiger partial charge in [-0.3, -0.25) is 0 Å². The maximum atomic E-state index is 8.79. The van der Waals surface area contributed by atoms with Crippen LogP contribution in [0, 0.1) is 0 Å². The summed E-state index contributed by atoms with van der Waals surface area (Å²) >= 11 is 0. The van der Waals surface area contributed by atoms with Crippen LogP contribution in [-0.2, 0) is 6.54 Å². The fraction of sp³-hybridized carbons (Fsp3) is 0.429. The third-order valence-corrected chi connectivity index (χ3v) is 2.51. The summed E-state index contributed by atoms with van der Waals surface area (Å²) in [7, 11) is 0. The van der Waals surface area contributed by atoms with Crippen molar-refractivity contribution in [3.05, 3.63) is 42.5 Å². The van der Waals surface area contributed by atoms with Gasteiger partial charge in [0.2, 0.25) is 0 Å². The van der Waals surface area contributed by atoms with Gasteiger partial charge in [-0.1, -0.05) is 24.8 Å². The van der Waals surface area contributed by atoms with Crippen LogP contribution in [0.4, 0.5) is 0 Å². The second kappa shape index (κ2) is 7.87. The van der Waals surface area contributed by atoms with Crippen LogP contribution in [0.3, 0.4) is 0 Å². The van der Waals surface area contributed by atoms with Crippen LogP contribution in [-0.4, -0.2) is 24.4 Å². The maximum Gasteiger partial charge on any atom is 0.119 e. The van der Waals surface area contributed by atoms with E-state index in [1.165, 1.54) is 5.56 Å². The van der Waals surface area contributed by atoms with Crippen LogP contribution in [0.2, 0.25) is 0 Å². The number of hydrogen-bond acceptors (Lipinski definition) is 3. The fourth-order valence-corrected chi connectivity index (χ4v) is 1.45. The lowest BCUT2D eigenvalue weighted by molar-refractivity contribution is 0.268. The molecular weight excluding hydrogens is 214 g/mol. The monoisotopic (exact) mass is 235 g/mol. The quantitative estimate of drug-likeness (QED) is 0.678. The standard InChI is InChI=1S/C14H21NO2/c1-3-10-17-14-6-4-13(5-7-14)11-15-12(2)8-9-16/h3-7,12,15-16H,1,8-11H2,2H3. The first-order valence-corrected chi connectivity index (χ1v) is 5.93. The molecule has 0 amide bonds. The molecule has 1 rings (SSSR count). The van der Waals surface area contributed by atoms with Gasteiger partial charge >= 0.3 is 0 Å². The zero-order chi connectivity index (χ0) is 12.5. The largest absolute Gasteiger partial charge is 0.490 e. The number of rotatable bonds is 8. The van der Waals surface area contributed by atoms with Gasteiger partial charge < -0.3 is 15.2 Å². The number of aliphatic hydroxyl groups excluding tert-OH is 1. The van der Waals surface area contributed by atoms with E-state index in [1.54, 1.807) is 6.08 Å².